The Bertz CT molecular complexity index is 364. The molecule has 120 valence electrons. The van der Waals surface area contributed by atoms with Crippen LogP contribution < -0.4 is 5.32 Å². The van der Waals surface area contributed by atoms with Crippen molar-refractivity contribution >= 4 is 11.6 Å². The highest BCUT2D eigenvalue weighted by Crippen LogP contribution is 2.20. The monoisotopic (exact) mass is 309 g/mol. The van der Waals surface area contributed by atoms with Crippen molar-refractivity contribution in [2.24, 2.45) is 0 Å². The van der Waals surface area contributed by atoms with E-state index in [9.17, 15) is 0 Å². The predicted octanol–water partition coefficient (Wildman–Crippen LogP) is 6.52. The van der Waals surface area contributed by atoms with Gasteiger partial charge in [0, 0.05) is 11.1 Å². The van der Waals surface area contributed by atoms with Gasteiger partial charge in [0.2, 0.25) is 0 Å². The van der Waals surface area contributed by atoms with E-state index in [0.717, 1.165) is 18.0 Å². The van der Waals surface area contributed by atoms with Crippen LogP contribution in [0.4, 0.5) is 0 Å². The molecule has 0 spiro atoms. The minimum Gasteiger partial charge on any atom is -0.310 e. The quantitative estimate of drug-likeness (QED) is 0.433. The van der Waals surface area contributed by atoms with E-state index in [1.807, 2.05) is 12.1 Å². The highest BCUT2D eigenvalue weighted by Gasteiger charge is 2.08. The zero-order chi connectivity index (χ0) is 15.3. The largest absolute Gasteiger partial charge is 0.310 e. The van der Waals surface area contributed by atoms with Crippen molar-refractivity contribution in [2.45, 2.75) is 77.7 Å². The number of nitrogens with one attached hydrogen (secondary N) is 1. The van der Waals surface area contributed by atoms with Crippen LogP contribution in [0, 0.1) is 0 Å². The van der Waals surface area contributed by atoms with Crippen molar-refractivity contribution in [1.29, 1.82) is 0 Å². The maximum Gasteiger partial charge on any atom is 0.0409 e. The molecule has 0 unspecified atom stereocenters. The average molecular weight is 310 g/mol. The molecule has 21 heavy (non-hydrogen) atoms. The second-order valence-corrected chi connectivity index (χ2v) is 6.38. The Hall–Kier alpha value is -0.530. The molecule has 0 aliphatic heterocycles. The van der Waals surface area contributed by atoms with Crippen molar-refractivity contribution < 1.29 is 0 Å². The Kier molecular flexibility index (Phi) is 10.6. The van der Waals surface area contributed by atoms with Crippen LogP contribution in [0.3, 0.4) is 0 Å². The van der Waals surface area contributed by atoms with Crippen molar-refractivity contribution in [3.8, 4) is 0 Å². The van der Waals surface area contributed by atoms with E-state index < -0.39 is 0 Å². The molecule has 1 aromatic rings. The van der Waals surface area contributed by atoms with Gasteiger partial charge in [0.05, 0.1) is 0 Å². The predicted molar refractivity (Wildman–Crippen MR) is 95.1 cm³/mol. The van der Waals surface area contributed by atoms with E-state index in [4.69, 9.17) is 11.6 Å². The summed E-state index contributed by atoms with van der Waals surface area (Å²) in [6, 6.07) is 8.67. The molecule has 1 N–H and O–H groups in total. The summed E-state index contributed by atoms with van der Waals surface area (Å²) in [5.74, 6) is 0. The number of benzene rings is 1. The summed E-state index contributed by atoms with van der Waals surface area (Å²) in [5.41, 5.74) is 1.31. The van der Waals surface area contributed by atoms with Gasteiger partial charge >= 0.3 is 0 Å². The summed E-state index contributed by atoms with van der Waals surface area (Å²) in [5, 5.41) is 4.50. The van der Waals surface area contributed by atoms with Crippen LogP contribution >= 0.6 is 11.6 Å². The number of hydrogen-bond acceptors (Lipinski definition) is 1. The molecule has 0 heterocycles. The normalized spacial score (nSPS) is 12.5. The molecule has 2 heteroatoms. The van der Waals surface area contributed by atoms with Crippen molar-refractivity contribution in [2.75, 3.05) is 6.54 Å². The lowest BCUT2D eigenvalue weighted by Crippen LogP contribution is -2.21. The standard InChI is InChI=1S/C19H32ClN/c1-3-5-6-7-8-9-10-11-15-21-19(4-2)17-13-12-14-18(20)16-17/h12-14,16,19,21H,3-11,15H2,1-2H3/t19-/m0/s1. The van der Waals surface area contributed by atoms with E-state index in [2.05, 4.69) is 31.3 Å². The molecule has 1 atom stereocenters. The summed E-state index contributed by atoms with van der Waals surface area (Å²) >= 11 is 6.07. The van der Waals surface area contributed by atoms with Gasteiger partial charge < -0.3 is 5.32 Å². The highest BCUT2D eigenvalue weighted by molar-refractivity contribution is 6.30. The number of rotatable bonds is 12. The molecule has 0 saturated carbocycles. The van der Waals surface area contributed by atoms with Gasteiger partial charge in [-0.05, 0) is 37.1 Å². The molecule has 1 aromatic carbocycles. The molecule has 0 aliphatic rings. The lowest BCUT2D eigenvalue weighted by Gasteiger charge is -2.17. The van der Waals surface area contributed by atoms with E-state index in [0.29, 0.717) is 6.04 Å². The third-order valence-corrected chi connectivity index (χ3v) is 4.32. The fraction of sp³-hybridized carbons (Fsp3) is 0.684. The summed E-state index contributed by atoms with van der Waals surface area (Å²) in [7, 11) is 0. The first-order valence-electron chi connectivity index (χ1n) is 8.76. The number of hydrogen-bond donors (Lipinski definition) is 1. The molecule has 1 nitrogen and oxygen atoms in total. The van der Waals surface area contributed by atoms with Gasteiger partial charge in [0.25, 0.3) is 0 Å². The Morgan fingerprint density at radius 3 is 2.24 bits per heavy atom. The van der Waals surface area contributed by atoms with Crippen molar-refractivity contribution in [1.82, 2.24) is 5.32 Å². The Labute approximate surface area is 136 Å². The second kappa shape index (κ2) is 12.1. The minimum atomic E-state index is 0.438. The van der Waals surface area contributed by atoms with Gasteiger partial charge in [-0.1, -0.05) is 82.5 Å². The number of halogens is 1. The Balaban J connectivity index is 2.10. The van der Waals surface area contributed by atoms with E-state index >= 15 is 0 Å². The lowest BCUT2D eigenvalue weighted by molar-refractivity contribution is 0.491. The first-order chi connectivity index (χ1) is 10.3. The summed E-state index contributed by atoms with van der Waals surface area (Å²) in [4.78, 5) is 0. The zero-order valence-electron chi connectivity index (χ0n) is 13.8. The van der Waals surface area contributed by atoms with Gasteiger partial charge in [-0.15, -0.1) is 0 Å². The van der Waals surface area contributed by atoms with Crippen LogP contribution in [-0.4, -0.2) is 6.54 Å². The third-order valence-electron chi connectivity index (χ3n) is 4.08. The van der Waals surface area contributed by atoms with E-state index in [1.54, 1.807) is 0 Å². The fourth-order valence-corrected chi connectivity index (χ4v) is 2.96. The Morgan fingerprint density at radius 1 is 0.952 bits per heavy atom. The second-order valence-electron chi connectivity index (χ2n) is 5.94. The van der Waals surface area contributed by atoms with Crippen LogP contribution in [0.5, 0.6) is 0 Å². The molecule has 0 aromatic heterocycles. The van der Waals surface area contributed by atoms with Crippen LogP contribution in [0.15, 0.2) is 24.3 Å². The third kappa shape index (κ3) is 8.48. The van der Waals surface area contributed by atoms with Crippen LogP contribution in [0.25, 0.3) is 0 Å². The van der Waals surface area contributed by atoms with Crippen LogP contribution in [-0.2, 0) is 0 Å². The average Bonchev–Trinajstić information content (AvgIpc) is 2.49. The number of unbranched alkanes of at least 4 members (excludes halogenated alkanes) is 7. The fourth-order valence-electron chi connectivity index (χ4n) is 2.76. The smallest absolute Gasteiger partial charge is 0.0409 e. The van der Waals surface area contributed by atoms with Gasteiger partial charge in [-0.2, -0.15) is 0 Å². The zero-order valence-corrected chi connectivity index (χ0v) is 14.6. The van der Waals surface area contributed by atoms with E-state index in [-0.39, 0.29) is 0 Å². The summed E-state index contributed by atoms with van der Waals surface area (Å²) < 4.78 is 0. The minimum absolute atomic E-state index is 0.438. The molecule has 0 fully saturated rings. The lowest BCUT2D eigenvalue weighted by atomic mass is 10.0. The van der Waals surface area contributed by atoms with E-state index in [1.165, 1.54) is 56.9 Å². The van der Waals surface area contributed by atoms with Crippen molar-refractivity contribution in [3.63, 3.8) is 0 Å². The van der Waals surface area contributed by atoms with Gasteiger partial charge in [0.1, 0.15) is 0 Å². The van der Waals surface area contributed by atoms with Crippen molar-refractivity contribution in [3.05, 3.63) is 34.9 Å². The molecule has 0 amide bonds. The molecular formula is C19H32ClN. The van der Waals surface area contributed by atoms with Crippen LogP contribution in [0.2, 0.25) is 5.02 Å². The first-order valence-corrected chi connectivity index (χ1v) is 9.14. The highest BCUT2D eigenvalue weighted by atomic mass is 35.5. The molecule has 0 bridgehead atoms. The van der Waals surface area contributed by atoms with Gasteiger partial charge in [-0.3, -0.25) is 0 Å². The molecule has 0 saturated heterocycles. The summed E-state index contributed by atoms with van der Waals surface area (Å²) in [6.45, 7) is 5.61. The molecule has 0 radical (unpaired) electrons. The molecular weight excluding hydrogens is 278 g/mol. The van der Waals surface area contributed by atoms with Gasteiger partial charge in [-0.25, -0.2) is 0 Å². The summed E-state index contributed by atoms with van der Waals surface area (Å²) in [6.07, 6.45) is 12.1. The first kappa shape index (κ1) is 18.5. The molecule has 1 rings (SSSR count). The maximum absolute atomic E-state index is 6.07. The maximum atomic E-state index is 6.07. The Morgan fingerprint density at radius 2 is 1.62 bits per heavy atom. The molecule has 0 aliphatic carbocycles. The SMILES string of the molecule is CCCCCCCCCCN[C@@H](CC)c1cccc(Cl)c1. The van der Waals surface area contributed by atoms with Crippen LogP contribution in [0.1, 0.15) is 83.2 Å². The topological polar surface area (TPSA) is 12.0 Å². The van der Waals surface area contributed by atoms with Gasteiger partial charge in [0.15, 0.2) is 0 Å².